The van der Waals surface area contributed by atoms with Crippen LogP contribution in [0.4, 0.5) is 0 Å². The number of nitrogens with zero attached hydrogens (tertiary/aromatic N) is 2. The second-order valence-corrected chi connectivity index (χ2v) is 5.54. The molecule has 1 aromatic heterocycles. The Bertz CT molecular complexity index is 506. The van der Waals surface area contributed by atoms with Crippen LogP contribution < -0.4 is 5.32 Å². The van der Waals surface area contributed by atoms with Gasteiger partial charge in [0.15, 0.2) is 0 Å². The van der Waals surface area contributed by atoms with Gasteiger partial charge < -0.3 is 15.2 Å². The fraction of sp³-hybridized carbons (Fsp3) is 0.643. The fourth-order valence-corrected chi connectivity index (χ4v) is 2.37. The SMILES string of the molecule is CC(C)n1ccc(C(=O)NC(C(=O)O)C2CCCOC2)n1. The van der Waals surface area contributed by atoms with Gasteiger partial charge in [0.1, 0.15) is 11.7 Å². The summed E-state index contributed by atoms with van der Waals surface area (Å²) in [6.45, 7) is 4.91. The number of rotatable bonds is 5. The van der Waals surface area contributed by atoms with Crippen LogP contribution in [0.3, 0.4) is 0 Å². The topological polar surface area (TPSA) is 93.5 Å². The van der Waals surface area contributed by atoms with Gasteiger partial charge in [-0.3, -0.25) is 9.48 Å². The molecule has 1 saturated heterocycles. The van der Waals surface area contributed by atoms with Crippen molar-refractivity contribution in [3.8, 4) is 0 Å². The summed E-state index contributed by atoms with van der Waals surface area (Å²) in [5, 5.41) is 16.0. The third-order valence-electron chi connectivity index (χ3n) is 3.59. The molecule has 0 spiro atoms. The summed E-state index contributed by atoms with van der Waals surface area (Å²) in [6, 6.07) is 0.793. The monoisotopic (exact) mass is 295 g/mol. The number of aromatic nitrogens is 2. The highest BCUT2D eigenvalue weighted by Gasteiger charge is 2.32. The molecule has 0 saturated carbocycles. The highest BCUT2D eigenvalue weighted by atomic mass is 16.5. The summed E-state index contributed by atoms with van der Waals surface area (Å²) < 4.78 is 6.96. The second kappa shape index (κ2) is 6.71. The van der Waals surface area contributed by atoms with E-state index in [1.165, 1.54) is 0 Å². The third kappa shape index (κ3) is 3.81. The molecule has 2 rings (SSSR count). The Kier molecular flexibility index (Phi) is 4.95. The first-order valence-electron chi connectivity index (χ1n) is 7.15. The number of ether oxygens (including phenoxy) is 1. The Morgan fingerprint density at radius 3 is 2.81 bits per heavy atom. The highest BCUT2D eigenvalue weighted by Crippen LogP contribution is 2.18. The van der Waals surface area contributed by atoms with Crippen LogP contribution in [0.15, 0.2) is 12.3 Å². The van der Waals surface area contributed by atoms with Crippen molar-refractivity contribution in [1.82, 2.24) is 15.1 Å². The van der Waals surface area contributed by atoms with E-state index in [1.54, 1.807) is 16.9 Å². The van der Waals surface area contributed by atoms with Gasteiger partial charge in [-0.25, -0.2) is 4.79 Å². The average Bonchev–Trinajstić information content (AvgIpc) is 2.95. The molecule has 0 aliphatic carbocycles. The zero-order valence-corrected chi connectivity index (χ0v) is 12.3. The summed E-state index contributed by atoms with van der Waals surface area (Å²) >= 11 is 0. The molecule has 0 aromatic carbocycles. The summed E-state index contributed by atoms with van der Waals surface area (Å²) in [6.07, 6.45) is 3.25. The van der Waals surface area contributed by atoms with Gasteiger partial charge in [0.2, 0.25) is 0 Å². The zero-order chi connectivity index (χ0) is 15.4. The quantitative estimate of drug-likeness (QED) is 0.847. The normalized spacial score (nSPS) is 20.2. The minimum Gasteiger partial charge on any atom is -0.480 e. The molecule has 7 heteroatoms. The van der Waals surface area contributed by atoms with Crippen LogP contribution in [-0.2, 0) is 9.53 Å². The van der Waals surface area contributed by atoms with Crippen LogP contribution in [0.1, 0.15) is 43.2 Å². The van der Waals surface area contributed by atoms with Crippen molar-refractivity contribution in [2.45, 2.75) is 38.8 Å². The predicted molar refractivity (Wildman–Crippen MR) is 75.0 cm³/mol. The molecule has 2 unspecified atom stereocenters. The van der Waals surface area contributed by atoms with Crippen LogP contribution in [0, 0.1) is 5.92 Å². The standard InChI is InChI=1S/C14H21N3O4/c1-9(2)17-6-5-11(16-17)13(18)15-12(14(19)20)10-4-3-7-21-8-10/h5-6,9-10,12H,3-4,7-8H2,1-2H3,(H,15,18)(H,19,20). The maximum absolute atomic E-state index is 12.1. The number of carboxylic acids is 1. The first kappa shape index (κ1) is 15.5. The maximum Gasteiger partial charge on any atom is 0.326 e. The van der Waals surface area contributed by atoms with Crippen molar-refractivity contribution >= 4 is 11.9 Å². The molecule has 116 valence electrons. The van der Waals surface area contributed by atoms with Crippen molar-refractivity contribution in [3.05, 3.63) is 18.0 Å². The molecular formula is C14H21N3O4. The lowest BCUT2D eigenvalue weighted by Crippen LogP contribution is -2.48. The first-order chi connectivity index (χ1) is 9.99. The molecular weight excluding hydrogens is 274 g/mol. The Balaban J connectivity index is 2.04. The molecule has 1 amide bonds. The molecule has 0 bridgehead atoms. The van der Waals surface area contributed by atoms with E-state index >= 15 is 0 Å². The number of nitrogens with one attached hydrogen (secondary N) is 1. The van der Waals surface area contributed by atoms with Crippen molar-refractivity contribution in [1.29, 1.82) is 0 Å². The molecule has 1 aliphatic rings. The van der Waals surface area contributed by atoms with Crippen molar-refractivity contribution in [2.24, 2.45) is 5.92 Å². The lowest BCUT2D eigenvalue weighted by atomic mass is 9.93. The minimum atomic E-state index is -1.04. The molecule has 1 fully saturated rings. The summed E-state index contributed by atoms with van der Waals surface area (Å²) in [7, 11) is 0. The third-order valence-corrected chi connectivity index (χ3v) is 3.59. The van der Waals surface area contributed by atoms with Gasteiger partial charge in [0.05, 0.1) is 6.61 Å². The van der Waals surface area contributed by atoms with Gasteiger partial charge in [-0.15, -0.1) is 0 Å². The van der Waals surface area contributed by atoms with E-state index in [0.717, 1.165) is 12.8 Å². The van der Waals surface area contributed by atoms with Gasteiger partial charge in [0, 0.05) is 24.8 Å². The smallest absolute Gasteiger partial charge is 0.326 e. The zero-order valence-electron chi connectivity index (χ0n) is 12.3. The largest absolute Gasteiger partial charge is 0.480 e. The average molecular weight is 295 g/mol. The molecule has 1 aliphatic heterocycles. The summed E-state index contributed by atoms with van der Waals surface area (Å²) in [5.41, 5.74) is 0.228. The van der Waals surface area contributed by atoms with E-state index in [0.29, 0.717) is 13.2 Å². The van der Waals surface area contributed by atoms with Crippen LogP contribution in [0.2, 0.25) is 0 Å². The summed E-state index contributed by atoms with van der Waals surface area (Å²) in [5.74, 6) is -1.71. The van der Waals surface area contributed by atoms with Gasteiger partial charge in [-0.05, 0) is 32.8 Å². The Labute approximate surface area is 123 Å². The van der Waals surface area contributed by atoms with Crippen molar-refractivity contribution in [2.75, 3.05) is 13.2 Å². The molecule has 1 aromatic rings. The Morgan fingerprint density at radius 2 is 2.29 bits per heavy atom. The second-order valence-electron chi connectivity index (χ2n) is 5.54. The van der Waals surface area contributed by atoms with E-state index in [9.17, 15) is 14.7 Å². The van der Waals surface area contributed by atoms with Crippen molar-refractivity contribution in [3.63, 3.8) is 0 Å². The highest BCUT2D eigenvalue weighted by molar-refractivity contribution is 5.94. The number of hydrogen-bond acceptors (Lipinski definition) is 4. The van der Waals surface area contributed by atoms with Crippen LogP contribution in [0.25, 0.3) is 0 Å². The summed E-state index contributed by atoms with van der Waals surface area (Å²) in [4.78, 5) is 23.5. The first-order valence-corrected chi connectivity index (χ1v) is 7.15. The van der Waals surface area contributed by atoms with E-state index in [1.807, 2.05) is 13.8 Å². The van der Waals surface area contributed by atoms with Gasteiger partial charge >= 0.3 is 5.97 Å². The number of hydrogen-bond donors (Lipinski definition) is 2. The Hall–Kier alpha value is -1.89. The van der Waals surface area contributed by atoms with E-state index in [-0.39, 0.29) is 17.7 Å². The molecule has 21 heavy (non-hydrogen) atoms. The predicted octanol–water partition coefficient (Wildman–Crippen LogP) is 1.07. The molecule has 2 N–H and O–H groups in total. The van der Waals surface area contributed by atoms with Gasteiger partial charge in [0.25, 0.3) is 5.91 Å². The van der Waals surface area contributed by atoms with Crippen LogP contribution >= 0.6 is 0 Å². The van der Waals surface area contributed by atoms with E-state index < -0.39 is 17.9 Å². The lowest BCUT2D eigenvalue weighted by molar-refractivity contribution is -0.142. The van der Waals surface area contributed by atoms with E-state index in [2.05, 4.69) is 10.4 Å². The fourth-order valence-electron chi connectivity index (χ4n) is 2.37. The number of amides is 1. The molecule has 2 atom stereocenters. The molecule has 7 nitrogen and oxygen atoms in total. The van der Waals surface area contributed by atoms with Crippen LogP contribution in [-0.4, -0.2) is 46.0 Å². The van der Waals surface area contributed by atoms with Gasteiger partial charge in [-0.1, -0.05) is 0 Å². The van der Waals surface area contributed by atoms with Gasteiger partial charge in [-0.2, -0.15) is 5.10 Å². The van der Waals surface area contributed by atoms with E-state index in [4.69, 9.17) is 4.74 Å². The van der Waals surface area contributed by atoms with Crippen molar-refractivity contribution < 1.29 is 19.4 Å². The van der Waals surface area contributed by atoms with Crippen LogP contribution in [0.5, 0.6) is 0 Å². The Morgan fingerprint density at radius 1 is 1.52 bits per heavy atom. The number of carbonyl (C=O) groups excluding carboxylic acids is 1. The minimum absolute atomic E-state index is 0.147. The number of carbonyl (C=O) groups is 2. The lowest BCUT2D eigenvalue weighted by Gasteiger charge is -2.27. The number of aliphatic carboxylic acids is 1. The maximum atomic E-state index is 12.1. The number of carboxylic acid groups (broad SMARTS) is 1. The molecule has 2 heterocycles. The molecule has 0 radical (unpaired) electrons.